The third-order valence-electron chi connectivity index (χ3n) is 5.24. The van der Waals surface area contributed by atoms with Crippen molar-refractivity contribution in [3.05, 3.63) is 35.4 Å². The van der Waals surface area contributed by atoms with Crippen LogP contribution >= 0.6 is 12.4 Å². The molecule has 1 fully saturated rings. The highest BCUT2D eigenvalue weighted by molar-refractivity contribution is 5.90. The van der Waals surface area contributed by atoms with Gasteiger partial charge in [0.15, 0.2) is 0 Å². The molecule has 1 aromatic rings. The van der Waals surface area contributed by atoms with E-state index in [4.69, 9.17) is 11.1 Å². The molecule has 0 aliphatic heterocycles. The summed E-state index contributed by atoms with van der Waals surface area (Å²) in [6.07, 6.45) is 14.2. The molecule has 1 aromatic carbocycles. The van der Waals surface area contributed by atoms with E-state index in [-0.39, 0.29) is 23.8 Å². The first-order valence-corrected chi connectivity index (χ1v) is 9.83. The van der Waals surface area contributed by atoms with Crippen LogP contribution in [0.3, 0.4) is 0 Å². The number of nitrogens with one attached hydrogen (secondary N) is 2. The second kappa shape index (κ2) is 11.5. The van der Waals surface area contributed by atoms with Gasteiger partial charge in [-0.05, 0) is 36.8 Å². The molecule has 2 rings (SSSR count). The smallest absolute Gasteiger partial charge is 0.111 e. The summed E-state index contributed by atoms with van der Waals surface area (Å²) in [6.45, 7) is 3.08. The molecule has 4 N–H and O–H groups in total. The summed E-state index contributed by atoms with van der Waals surface area (Å²) >= 11 is 0. The molecule has 142 valence electrons. The third-order valence-corrected chi connectivity index (χ3v) is 5.24. The van der Waals surface area contributed by atoms with E-state index in [0.717, 1.165) is 19.4 Å². The van der Waals surface area contributed by atoms with Gasteiger partial charge in [0.2, 0.25) is 0 Å². The summed E-state index contributed by atoms with van der Waals surface area (Å²) in [4.78, 5) is 0. The Hall–Kier alpha value is -1.06. The molecule has 1 saturated carbocycles. The van der Waals surface area contributed by atoms with Crippen molar-refractivity contribution >= 4 is 18.2 Å². The lowest BCUT2D eigenvalue weighted by Gasteiger charge is -2.15. The standard InChI is InChI=1S/C21H35N3.ClH/c1-2-3-4-5-6-7-8-9-10-18-11-13-19(14-12-18)17-24-21(15-16-21)20(22)23;/h11-14,24H,2-10,15-17H2,1H3,(H3,22,23);1H. The van der Waals surface area contributed by atoms with Crippen LogP contribution in [0, 0.1) is 5.41 Å². The number of benzene rings is 1. The Morgan fingerprint density at radius 3 is 2.00 bits per heavy atom. The second-order valence-electron chi connectivity index (χ2n) is 7.39. The monoisotopic (exact) mass is 365 g/mol. The highest BCUT2D eigenvalue weighted by atomic mass is 35.5. The maximum atomic E-state index is 7.63. The second-order valence-corrected chi connectivity index (χ2v) is 7.39. The zero-order chi connectivity index (χ0) is 17.3. The normalized spacial score (nSPS) is 14.8. The lowest BCUT2D eigenvalue weighted by molar-refractivity contribution is 0.575. The number of hydrogen-bond donors (Lipinski definition) is 3. The van der Waals surface area contributed by atoms with Gasteiger partial charge in [0.25, 0.3) is 0 Å². The molecule has 1 aliphatic rings. The molecule has 0 heterocycles. The van der Waals surface area contributed by atoms with E-state index in [1.54, 1.807) is 0 Å². The highest BCUT2D eigenvalue weighted by Crippen LogP contribution is 2.35. The number of nitrogens with two attached hydrogens (primary N) is 1. The topological polar surface area (TPSA) is 61.9 Å². The van der Waals surface area contributed by atoms with Gasteiger partial charge in [-0.25, -0.2) is 0 Å². The van der Waals surface area contributed by atoms with Crippen LogP contribution < -0.4 is 11.1 Å². The number of unbranched alkanes of at least 4 members (excludes halogenated alkanes) is 7. The van der Waals surface area contributed by atoms with Crippen molar-refractivity contribution in [2.75, 3.05) is 0 Å². The van der Waals surface area contributed by atoms with Crippen LogP contribution in [-0.2, 0) is 13.0 Å². The maximum Gasteiger partial charge on any atom is 0.111 e. The molecule has 25 heavy (non-hydrogen) atoms. The third kappa shape index (κ3) is 7.79. The molecule has 0 atom stereocenters. The van der Waals surface area contributed by atoms with Crippen molar-refractivity contribution in [1.29, 1.82) is 5.41 Å². The van der Waals surface area contributed by atoms with Crippen LogP contribution in [0.2, 0.25) is 0 Å². The molecule has 0 unspecified atom stereocenters. The van der Waals surface area contributed by atoms with E-state index in [0.29, 0.717) is 0 Å². The molecule has 0 saturated heterocycles. The molecular weight excluding hydrogens is 330 g/mol. The van der Waals surface area contributed by atoms with Crippen molar-refractivity contribution in [2.24, 2.45) is 5.73 Å². The van der Waals surface area contributed by atoms with Gasteiger partial charge in [0.1, 0.15) is 5.84 Å². The van der Waals surface area contributed by atoms with Gasteiger partial charge in [-0.15, -0.1) is 12.4 Å². The van der Waals surface area contributed by atoms with E-state index in [1.165, 1.54) is 68.9 Å². The summed E-state index contributed by atoms with van der Waals surface area (Å²) in [7, 11) is 0. The minimum Gasteiger partial charge on any atom is -0.386 e. The highest BCUT2D eigenvalue weighted by Gasteiger charge is 2.45. The van der Waals surface area contributed by atoms with Crippen LogP contribution in [0.1, 0.15) is 82.3 Å². The van der Waals surface area contributed by atoms with Gasteiger partial charge in [-0.2, -0.15) is 0 Å². The average molecular weight is 366 g/mol. The maximum absolute atomic E-state index is 7.63. The Morgan fingerprint density at radius 1 is 0.960 bits per heavy atom. The van der Waals surface area contributed by atoms with Crippen molar-refractivity contribution in [2.45, 2.75) is 89.6 Å². The summed E-state index contributed by atoms with van der Waals surface area (Å²) in [6, 6.07) is 8.93. The summed E-state index contributed by atoms with van der Waals surface area (Å²) < 4.78 is 0. The van der Waals surface area contributed by atoms with Crippen molar-refractivity contribution in [3.8, 4) is 0 Å². The van der Waals surface area contributed by atoms with E-state index < -0.39 is 0 Å². The minimum atomic E-state index is -0.199. The molecule has 0 amide bonds. The van der Waals surface area contributed by atoms with Crippen molar-refractivity contribution < 1.29 is 0 Å². The molecule has 0 bridgehead atoms. The summed E-state index contributed by atoms with van der Waals surface area (Å²) in [5.41, 5.74) is 8.18. The Morgan fingerprint density at radius 2 is 1.48 bits per heavy atom. The molecule has 3 nitrogen and oxygen atoms in total. The van der Waals surface area contributed by atoms with Crippen LogP contribution in [0.4, 0.5) is 0 Å². The van der Waals surface area contributed by atoms with Gasteiger partial charge >= 0.3 is 0 Å². The fourth-order valence-electron chi connectivity index (χ4n) is 3.22. The molecule has 0 radical (unpaired) electrons. The molecule has 1 aliphatic carbocycles. The van der Waals surface area contributed by atoms with Crippen LogP contribution in [0.5, 0.6) is 0 Å². The van der Waals surface area contributed by atoms with Gasteiger partial charge < -0.3 is 11.1 Å². The fraction of sp³-hybridized carbons (Fsp3) is 0.667. The van der Waals surface area contributed by atoms with Gasteiger partial charge in [-0.1, -0.05) is 76.1 Å². The SMILES string of the molecule is CCCCCCCCCCc1ccc(CNC2(C(=N)N)CC2)cc1.Cl. The first-order chi connectivity index (χ1) is 11.7. The first-order valence-electron chi connectivity index (χ1n) is 9.83. The van der Waals surface area contributed by atoms with Gasteiger partial charge in [0.05, 0.1) is 5.54 Å². The lowest BCUT2D eigenvalue weighted by Crippen LogP contribution is -2.42. The molecular formula is C21H36ClN3. The first kappa shape index (κ1) is 22.0. The predicted octanol–water partition coefficient (Wildman–Crippen LogP) is 5.35. The van der Waals surface area contributed by atoms with E-state index in [1.807, 2.05) is 0 Å². The van der Waals surface area contributed by atoms with E-state index in [2.05, 4.69) is 36.5 Å². The minimum absolute atomic E-state index is 0. The number of amidine groups is 1. The number of halogens is 1. The van der Waals surface area contributed by atoms with E-state index in [9.17, 15) is 0 Å². The number of rotatable bonds is 13. The summed E-state index contributed by atoms with van der Waals surface area (Å²) in [5, 5.41) is 11.1. The zero-order valence-corrected chi connectivity index (χ0v) is 16.6. The Kier molecular flexibility index (Phi) is 10.1. The molecule has 4 heteroatoms. The average Bonchev–Trinajstić information content (AvgIpc) is 3.38. The van der Waals surface area contributed by atoms with Crippen LogP contribution in [-0.4, -0.2) is 11.4 Å². The zero-order valence-electron chi connectivity index (χ0n) is 15.8. The van der Waals surface area contributed by atoms with Crippen molar-refractivity contribution in [3.63, 3.8) is 0 Å². The predicted molar refractivity (Wildman–Crippen MR) is 111 cm³/mol. The van der Waals surface area contributed by atoms with Crippen LogP contribution in [0.25, 0.3) is 0 Å². The fourth-order valence-corrected chi connectivity index (χ4v) is 3.22. The number of aryl methyl sites for hydroxylation is 1. The Balaban J connectivity index is 0.00000312. The van der Waals surface area contributed by atoms with Gasteiger partial charge in [0, 0.05) is 6.54 Å². The largest absolute Gasteiger partial charge is 0.386 e. The Labute approximate surface area is 160 Å². The van der Waals surface area contributed by atoms with Crippen molar-refractivity contribution in [1.82, 2.24) is 5.32 Å². The lowest BCUT2D eigenvalue weighted by atomic mass is 10.0. The number of hydrogen-bond acceptors (Lipinski definition) is 2. The van der Waals surface area contributed by atoms with Crippen LogP contribution in [0.15, 0.2) is 24.3 Å². The Bertz CT molecular complexity index is 494. The molecule has 0 aromatic heterocycles. The summed E-state index contributed by atoms with van der Waals surface area (Å²) in [5.74, 6) is 0.286. The van der Waals surface area contributed by atoms with E-state index >= 15 is 0 Å². The quantitative estimate of drug-likeness (QED) is 0.250. The van der Waals surface area contributed by atoms with Gasteiger partial charge in [-0.3, -0.25) is 5.41 Å². The molecule has 0 spiro atoms.